The van der Waals surface area contributed by atoms with Gasteiger partial charge < -0.3 is 19.7 Å². The molecular weight excluding hydrogens is 681 g/mol. The monoisotopic (exact) mass is 717 g/mol. The number of halogens is 1. The molecular formula is C39H36FN7O6. The molecule has 53 heavy (non-hydrogen) atoms. The van der Waals surface area contributed by atoms with Crippen molar-refractivity contribution in [3.05, 3.63) is 134 Å². The number of nitrogens with zero attached hydrogens (tertiary/aromatic N) is 6. The fourth-order valence-corrected chi connectivity index (χ4v) is 6.66. The van der Waals surface area contributed by atoms with Crippen molar-refractivity contribution in [2.75, 3.05) is 37.8 Å². The summed E-state index contributed by atoms with van der Waals surface area (Å²) in [6.07, 6.45) is 8.12. The Kier molecular flexibility index (Phi) is 10.0. The van der Waals surface area contributed by atoms with Crippen LogP contribution in [-0.4, -0.2) is 74.9 Å². The minimum absolute atomic E-state index is 0.0173. The Morgan fingerprint density at radius 3 is 2.55 bits per heavy atom. The van der Waals surface area contributed by atoms with E-state index < -0.39 is 35.0 Å². The van der Waals surface area contributed by atoms with Gasteiger partial charge >= 0.3 is 11.7 Å². The second-order valence-corrected chi connectivity index (χ2v) is 12.7. The van der Waals surface area contributed by atoms with E-state index in [9.17, 15) is 19.2 Å². The molecule has 4 aromatic heterocycles. The fraction of sp³-hybridized carbons (Fsp3) is 0.256. The highest BCUT2D eigenvalue weighted by Gasteiger charge is 2.28. The number of aryl methyl sites for hydroxylation is 2. The number of ether oxygens (including phenoxy) is 2. The van der Waals surface area contributed by atoms with E-state index in [2.05, 4.69) is 20.3 Å². The quantitative estimate of drug-likeness (QED) is 0.209. The molecule has 1 N–H and O–H groups in total. The Balaban J connectivity index is 1.23. The minimum atomic E-state index is -1.24. The lowest BCUT2D eigenvalue weighted by Crippen LogP contribution is -2.44. The first-order valence-corrected chi connectivity index (χ1v) is 17.1. The highest BCUT2D eigenvalue weighted by Crippen LogP contribution is 2.26. The van der Waals surface area contributed by atoms with Crippen LogP contribution in [0.4, 0.5) is 10.1 Å². The number of carbonyl (C=O) groups excluding carboxylic acids is 2. The van der Waals surface area contributed by atoms with Crippen LogP contribution in [0.5, 0.6) is 0 Å². The average molecular weight is 718 g/mol. The van der Waals surface area contributed by atoms with Crippen LogP contribution in [0.25, 0.3) is 27.5 Å². The molecule has 5 heterocycles. The largest absolute Gasteiger partial charge is 0.464 e. The van der Waals surface area contributed by atoms with Crippen molar-refractivity contribution in [2.24, 2.45) is 7.05 Å². The standard InChI is InChI=1S/C39H36FN7O6/c1-24-19-27(46-14-17-52-18-15-46)21-30(40)34(24)36(48)44-31(38(50)53-16-10-25-5-3-11-41-22-25)20-26-7-8-32(35-28(26)6-4-12-43-35)47-37(49)29-9-13-42-23-33(29)45(2)39(47)51/h3-9,11-13,19,21-23,31H,10,14-18,20H2,1-2H3,(H,44,48). The summed E-state index contributed by atoms with van der Waals surface area (Å²) in [7, 11) is 1.56. The normalized spacial score (nSPS) is 13.6. The first-order chi connectivity index (χ1) is 25.7. The lowest BCUT2D eigenvalue weighted by atomic mass is 9.99. The fourth-order valence-electron chi connectivity index (χ4n) is 6.66. The van der Waals surface area contributed by atoms with E-state index in [1.165, 1.54) is 29.2 Å². The predicted octanol–water partition coefficient (Wildman–Crippen LogP) is 3.44. The SMILES string of the molecule is Cc1cc(N2CCOCC2)cc(F)c1C(=O)NC(Cc1ccc(-n2c(=O)c3ccncc3n(C)c2=O)c2ncccc12)C(=O)OCCc1cccnc1. The molecule has 7 rings (SSSR count). The van der Waals surface area contributed by atoms with Crippen molar-refractivity contribution >= 4 is 39.4 Å². The highest BCUT2D eigenvalue weighted by atomic mass is 19.1. The second-order valence-electron chi connectivity index (χ2n) is 12.7. The van der Waals surface area contributed by atoms with Gasteiger partial charge in [-0.15, -0.1) is 0 Å². The zero-order chi connectivity index (χ0) is 37.1. The summed E-state index contributed by atoms with van der Waals surface area (Å²) in [4.78, 5) is 69.4. The van der Waals surface area contributed by atoms with E-state index in [0.717, 1.165) is 10.1 Å². The number of amides is 1. The van der Waals surface area contributed by atoms with Crippen molar-refractivity contribution < 1.29 is 23.5 Å². The molecule has 1 aliphatic rings. The Hall–Kier alpha value is -6.28. The predicted molar refractivity (Wildman–Crippen MR) is 196 cm³/mol. The Bertz CT molecular complexity index is 2440. The van der Waals surface area contributed by atoms with Crippen molar-refractivity contribution in [2.45, 2.75) is 25.8 Å². The number of carbonyl (C=O) groups is 2. The maximum atomic E-state index is 15.7. The average Bonchev–Trinajstić information content (AvgIpc) is 3.18. The van der Waals surface area contributed by atoms with Crippen LogP contribution in [0.1, 0.15) is 27.0 Å². The van der Waals surface area contributed by atoms with Gasteiger partial charge in [0.1, 0.15) is 11.9 Å². The number of anilines is 1. The third-order valence-electron chi connectivity index (χ3n) is 9.40. The van der Waals surface area contributed by atoms with Crippen LogP contribution in [0, 0.1) is 12.7 Å². The van der Waals surface area contributed by atoms with Crippen LogP contribution in [0.3, 0.4) is 0 Å². The summed E-state index contributed by atoms with van der Waals surface area (Å²) in [5.74, 6) is -2.22. The van der Waals surface area contributed by atoms with Crippen LogP contribution >= 0.6 is 0 Å². The van der Waals surface area contributed by atoms with Crippen LogP contribution < -0.4 is 21.5 Å². The van der Waals surface area contributed by atoms with Gasteiger partial charge in [0.05, 0.1) is 53.7 Å². The third-order valence-corrected chi connectivity index (χ3v) is 9.40. The van der Waals surface area contributed by atoms with Crippen molar-refractivity contribution in [1.29, 1.82) is 0 Å². The molecule has 14 heteroatoms. The summed E-state index contributed by atoms with van der Waals surface area (Å²) in [6.45, 7) is 3.90. The minimum Gasteiger partial charge on any atom is -0.464 e. The molecule has 6 aromatic rings. The zero-order valence-electron chi connectivity index (χ0n) is 29.1. The highest BCUT2D eigenvalue weighted by molar-refractivity contribution is 5.99. The molecule has 13 nitrogen and oxygen atoms in total. The van der Waals surface area contributed by atoms with E-state index in [1.807, 2.05) is 11.0 Å². The number of pyridine rings is 3. The lowest BCUT2D eigenvalue weighted by Gasteiger charge is -2.29. The molecule has 1 amide bonds. The van der Waals surface area contributed by atoms with E-state index >= 15 is 4.39 Å². The Morgan fingerprint density at radius 2 is 1.77 bits per heavy atom. The van der Waals surface area contributed by atoms with E-state index in [0.29, 0.717) is 71.3 Å². The molecule has 0 spiro atoms. The maximum absolute atomic E-state index is 15.7. The Labute approximate surface area is 302 Å². The zero-order valence-corrected chi connectivity index (χ0v) is 29.1. The molecule has 1 unspecified atom stereocenters. The third kappa shape index (κ3) is 7.13. The van der Waals surface area contributed by atoms with Crippen LogP contribution in [0.15, 0.2) is 95.2 Å². The first kappa shape index (κ1) is 35.1. The van der Waals surface area contributed by atoms with Gasteiger partial charge in [-0.2, -0.15) is 0 Å². The van der Waals surface area contributed by atoms with Gasteiger partial charge in [0.15, 0.2) is 0 Å². The molecule has 0 bridgehead atoms. The van der Waals surface area contributed by atoms with Gasteiger partial charge in [-0.3, -0.25) is 29.1 Å². The second kappa shape index (κ2) is 15.1. The van der Waals surface area contributed by atoms with Crippen molar-refractivity contribution in [1.82, 2.24) is 29.4 Å². The summed E-state index contributed by atoms with van der Waals surface area (Å²) >= 11 is 0. The number of hydrogen-bond acceptors (Lipinski definition) is 10. The first-order valence-electron chi connectivity index (χ1n) is 17.1. The number of aromatic nitrogens is 5. The van der Waals surface area contributed by atoms with Crippen molar-refractivity contribution in [3.63, 3.8) is 0 Å². The van der Waals surface area contributed by atoms with E-state index in [1.54, 1.807) is 68.8 Å². The summed E-state index contributed by atoms with van der Waals surface area (Å²) in [5.41, 5.74) is 2.12. The van der Waals surface area contributed by atoms with Gasteiger partial charge in [-0.05, 0) is 60.0 Å². The number of nitrogens with one attached hydrogen (secondary N) is 1. The number of hydrogen-bond donors (Lipinski definition) is 1. The maximum Gasteiger partial charge on any atom is 0.335 e. The molecule has 1 saturated heterocycles. The van der Waals surface area contributed by atoms with Crippen molar-refractivity contribution in [3.8, 4) is 5.69 Å². The molecule has 1 aliphatic heterocycles. The van der Waals surface area contributed by atoms with Gasteiger partial charge in [0.2, 0.25) is 0 Å². The Morgan fingerprint density at radius 1 is 0.981 bits per heavy atom. The van der Waals surface area contributed by atoms with Gasteiger partial charge in [-0.25, -0.2) is 18.5 Å². The molecule has 1 atom stereocenters. The number of rotatable bonds is 10. The molecule has 1 fully saturated rings. The molecule has 270 valence electrons. The van der Waals surface area contributed by atoms with Crippen LogP contribution in [-0.2, 0) is 34.2 Å². The smallest absolute Gasteiger partial charge is 0.335 e. The number of morpholine rings is 1. The number of benzene rings is 2. The molecule has 0 radical (unpaired) electrons. The number of esters is 1. The van der Waals surface area contributed by atoms with Crippen LogP contribution in [0.2, 0.25) is 0 Å². The van der Waals surface area contributed by atoms with E-state index in [4.69, 9.17) is 9.47 Å². The molecule has 0 aliphatic carbocycles. The topological polar surface area (TPSA) is 151 Å². The lowest BCUT2D eigenvalue weighted by molar-refractivity contribution is -0.145. The molecule has 2 aromatic carbocycles. The summed E-state index contributed by atoms with van der Waals surface area (Å²) in [5, 5.41) is 3.57. The summed E-state index contributed by atoms with van der Waals surface area (Å²) < 4.78 is 29.2. The molecule has 0 saturated carbocycles. The van der Waals surface area contributed by atoms with Gasteiger partial charge in [0, 0.05) is 68.8 Å². The van der Waals surface area contributed by atoms with E-state index in [-0.39, 0.29) is 24.3 Å². The number of fused-ring (bicyclic) bond motifs is 2. The summed E-state index contributed by atoms with van der Waals surface area (Å²) in [6, 6.07) is 13.7. The van der Waals surface area contributed by atoms with Gasteiger partial charge in [0.25, 0.3) is 11.5 Å². The van der Waals surface area contributed by atoms with Gasteiger partial charge in [-0.1, -0.05) is 18.2 Å².